The molecule has 0 atom stereocenters. The van der Waals surface area contributed by atoms with Crippen molar-refractivity contribution in [1.29, 1.82) is 0 Å². The molecular weight excluding hydrogens is 286 g/mol. The summed E-state index contributed by atoms with van der Waals surface area (Å²) < 4.78 is 27.5. The van der Waals surface area contributed by atoms with Crippen LogP contribution < -0.4 is 23.7 Å². The molecule has 0 radical (unpaired) electrons. The van der Waals surface area contributed by atoms with Gasteiger partial charge >= 0.3 is 0 Å². The number of fused-ring (bicyclic) bond motifs is 5. The van der Waals surface area contributed by atoms with Gasteiger partial charge in [0.25, 0.3) is 0 Å². The van der Waals surface area contributed by atoms with Crippen molar-refractivity contribution in [1.82, 2.24) is 4.98 Å². The number of hydrogen-bond acceptors (Lipinski definition) is 5. The van der Waals surface area contributed by atoms with Gasteiger partial charge in [-0.15, -0.1) is 0 Å². The highest BCUT2D eigenvalue weighted by atomic mass is 16.7. The second-order valence-corrected chi connectivity index (χ2v) is 4.91. The molecule has 0 amide bonds. The first-order valence-corrected chi connectivity index (χ1v) is 6.81. The molecule has 22 heavy (non-hydrogen) atoms. The van der Waals surface area contributed by atoms with Gasteiger partial charge in [0.1, 0.15) is 5.75 Å². The predicted octanol–water partition coefficient (Wildman–Crippen LogP) is 3.08. The lowest BCUT2D eigenvalue weighted by atomic mass is 10.1. The van der Waals surface area contributed by atoms with Gasteiger partial charge in [0.15, 0.2) is 23.0 Å². The van der Waals surface area contributed by atoms with Crippen LogP contribution in [0.3, 0.4) is 0 Å². The average Bonchev–Trinajstić information content (AvgIpc) is 3.16. The summed E-state index contributed by atoms with van der Waals surface area (Å²) in [6.45, 7) is 0.224. The molecule has 3 aromatic rings. The zero-order valence-electron chi connectivity index (χ0n) is 12.5. The van der Waals surface area contributed by atoms with Gasteiger partial charge in [0.05, 0.1) is 37.7 Å². The fraction of sp³-hybridized carbons (Fsp3) is 0.250. The van der Waals surface area contributed by atoms with Crippen molar-refractivity contribution < 1.29 is 23.7 Å². The first kappa shape index (κ1) is 12.9. The molecule has 1 N–H and O–H groups in total. The van der Waals surface area contributed by atoms with Crippen molar-refractivity contribution in [2.24, 2.45) is 0 Å². The Labute approximate surface area is 126 Å². The van der Waals surface area contributed by atoms with Crippen molar-refractivity contribution in [2.75, 3.05) is 28.1 Å². The topological polar surface area (TPSA) is 61.9 Å². The van der Waals surface area contributed by atoms with E-state index in [1.165, 1.54) is 0 Å². The Morgan fingerprint density at radius 1 is 0.955 bits per heavy atom. The van der Waals surface area contributed by atoms with E-state index in [1.807, 2.05) is 12.1 Å². The van der Waals surface area contributed by atoms with Crippen molar-refractivity contribution in [3.8, 4) is 28.7 Å². The highest BCUT2D eigenvalue weighted by Crippen LogP contribution is 2.48. The lowest BCUT2D eigenvalue weighted by Gasteiger charge is -2.11. The van der Waals surface area contributed by atoms with Gasteiger partial charge < -0.3 is 28.7 Å². The number of methoxy groups -OCH3 is 3. The molecular formula is C16H15NO5. The number of nitrogens with one attached hydrogen (secondary N) is 1. The molecule has 0 aliphatic carbocycles. The fourth-order valence-electron chi connectivity index (χ4n) is 2.94. The van der Waals surface area contributed by atoms with Crippen molar-refractivity contribution in [3.63, 3.8) is 0 Å². The number of rotatable bonds is 3. The minimum absolute atomic E-state index is 0.224. The van der Waals surface area contributed by atoms with E-state index in [4.69, 9.17) is 23.7 Å². The number of ether oxygens (including phenoxy) is 5. The maximum atomic E-state index is 5.58. The van der Waals surface area contributed by atoms with Crippen LogP contribution in [0.1, 0.15) is 0 Å². The van der Waals surface area contributed by atoms with Crippen LogP contribution in [0.25, 0.3) is 21.8 Å². The van der Waals surface area contributed by atoms with E-state index in [0.29, 0.717) is 23.0 Å². The SMILES string of the molecule is COc1cc(OC)c2[nH]c3c4c(ccc3c2c1OC)OCO4. The summed E-state index contributed by atoms with van der Waals surface area (Å²) in [6.07, 6.45) is 0. The Morgan fingerprint density at radius 3 is 2.50 bits per heavy atom. The molecule has 1 aromatic heterocycles. The Morgan fingerprint density at radius 2 is 1.77 bits per heavy atom. The Bertz CT molecular complexity index is 883. The van der Waals surface area contributed by atoms with Crippen LogP contribution in [0, 0.1) is 0 Å². The molecule has 1 aliphatic heterocycles. The summed E-state index contributed by atoms with van der Waals surface area (Å²) in [7, 11) is 4.85. The molecule has 2 aromatic carbocycles. The zero-order valence-corrected chi connectivity index (χ0v) is 12.5. The third-order valence-electron chi connectivity index (χ3n) is 3.91. The summed E-state index contributed by atoms with van der Waals surface area (Å²) in [5.41, 5.74) is 1.69. The molecule has 1 aliphatic rings. The molecule has 114 valence electrons. The quantitative estimate of drug-likeness (QED) is 0.805. The number of hydrogen-bond donors (Lipinski definition) is 1. The highest BCUT2D eigenvalue weighted by molar-refractivity contribution is 6.15. The Kier molecular flexibility index (Phi) is 2.72. The van der Waals surface area contributed by atoms with Crippen LogP contribution in [-0.4, -0.2) is 33.1 Å². The van der Waals surface area contributed by atoms with E-state index >= 15 is 0 Å². The van der Waals surface area contributed by atoms with E-state index in [1.54, 1.807) is 27.4 Å². The highest BCUT2D eigenvalue weighted by Gasteiger charge is 2.24. The monoisotopic (exact) mass is 301 g/mol. The number of aromatic amines is 1. The first-order valence-electron chi connectivity index (χ1n) is 6.81. The second kappa shape index (κ2) is 4.62. The molecule has 0 saturated heterocycles. The van der Waals surface area contributed by atoms with Gasteiger partial charge in [-0.2, -0.15) is 0 Å². The van der Waals surface area contributed by atoms with Crippen LogP contribution in [-0.2, 0) is 0 Å². The average molecular weight is 301 g/mol. The summed E-state index contributed by atoms with van der Waals surface area (Å²) in [4.78, 5) is 3.36. The summed E-state index contributed by atoms with van der Waals surface area (Å²) in [6, 6.07) is 5.67. The molecule has 6 nitrogen and oxygen atoms in total. The number of benzene rings is 2. The smallest absolute Gasteiger partial charge is 0.231 e. The first-order chi connectivity index (χ1) is 10.8. The van der Waals surface area contributed by atoms with E-state index < -0.39 is 0 Å². The largest absolute Gasteiger partial charge is 0.494 e. The third kappa shape index (κ3) is 1.55. The molecule has 0 spiro atoms. The van der Waals surface area contributed by atoms with Crippen LogP contribution in [0.15, 0.2) is 18.2 Å². The maximum absolute atomic E-state index is 5.58. The minimum Gasteiger partial charge on any atom is -0.494 e. The third-order valence-corrected chi connectivity index (χ3v) is 3.91. The van der Waals surface area contributed by atoms with Crippen LogP contribution in [0.2, 0.25) is 0 Å². The van der Waals surface area contributed by atoms with Gasteiger partial charge in [0, 0.05) is 11.5 Å². The van der Waals surface area contributed by atoms with Crippen molar-refractivity contribution in [3.05, 3.63) is 18.2 Å². The van der Waals surface area contributed by atoms with Gasteiger partial charge in [-0.05, 0) is 12.1 Å². The summed E-state index contributed by atoms with van der Waals surface area (Å²) >= 11 is 0. The number of aromatic nitrogens is 1. The molecule has 0 saturated carbocycles. The Balaban J connectivity index is 2.19. The second-order valence-electron chi connectivity index (χ2n) is 4.91. The van der Waals surface area contributed by atoms with Gasteiger partial charge in [-0.1, -0.05) is 0 Å². The molecule has 6 heteroatoms. The van der Waals surface area contributed by atoms with Gasteiger partial charge in [0.2, 0.25) is 6.79 Å². The minimum atomic E-state index is 0.224. The van der Waals surface area contributed by atoms with Crippen molar-refractivity contribution >= 4 is 21.8 Å². The van der Waals surface area contributed by atoms with E-state index in [9.17, 15) is 0 Å². The number of H-pyrrole nitrogens is 1. The maximum Gasteiger partial charge on any atom is 0.231 e. The summed E-state index contributed by atoms with van der Waals surface area (Å²) in [5, 5.41) is 1.86. The van der Waals surface area contributed by atoms with E-state index in [2.05, 4.69) is 4.98 Å². The predicted molar refractivity (Wildman–Crippen MR) is 81.6 cm³/mol. The van der Waals surface area contributed by atoms with Crippen LogP contribution >= 0.6 is 0 Å². The molecule has 0 bridgehead atoms. The molecule has 2 heterocycles. The zero-order chi connectivity index (χ0) is 15.3. The summed E-state index contributed by atoms with van der Waals surface area (Å²) in [5.74, 6) is 3.38. The normalized spacial score (nSPS) is 12.9. The molecule has 0 unspecified atom stereocenters. The van der Waals surface area contributed by atoms with Gasteiger partial charge in [-0.25, -0.2) is 0 Å². The Hall–Kier alpha value is -2.76. The lowest BCUT2D eigenvalue weighted by molar-refractivity contribution is 0.174. The van der Waals surface area contributed by atoms with E-state index in [0.717, 1.165) is 27.6 Å². The lowest BCUT2D eigenvalue weighted by Crippen LogP contribution is -1.93. The van der Waals surface area contributed by atoms with E-state index in [-0.39, 0.29) is 6.79 Å². The van der Waals surface area contributed by atoms with Crippen molar-refractivity contribution in [2.45, 2.75) is 0 Å². The molecule has 4 rings (SSSR count). The molecule has 0 fully saturated rings. The fourth-order valence-corrected chi connectivity index (χ4v) is 2.94. The van der Waals surface area contributed by atoms with Crippen LogP contribution in [0.5, 0.6) is 28.7 Å². The van der Waals surface area contributed by atoms with Crippen LogP contribution in [0.4, 0.5) is 0 Å². The van der Waals surface area contributed by atoms with Gasteiger partial charge in [-0.3, -0.25) is 0 Å². The standard InChI is InChI=1S/C16H15NO5/c1-18-10-6-11(19-2)15(20-3)12-8-4-5-9-16(22-7-21-9)13(8)17-14(10)12/h4-6,17H,7H2,1-3H3.